The highest BCUT2D eigenvalue weighted by Crippen LogP contribution is 2.21. The Morgan fingerprint density at radius 2 is 2.33 bits per heavy atom. The maximum Gasteiger partial charge on any atom is 0.354 e. The van der Waals surface area contributed by atoms with Gasteiger partial charge in [0.25, 0.3) is 0 Å². The molecule has 1 heterocycles. The Labute approximate surface area is 92.8 Å². The number of hydrogen-bond donors (Lipinski definition) is 0. The van der Waals surface area contributed by atoms with Crippen molar-refractivity contribution in [1.29, 1.82) is 0 Å². The first-order chi connectivity index (χ1) is 7.15. The molecule has 0 N–H and O–H groups in total. The summed E-state index contributed by atoms with van der Waals surface area (Å²) in [5.74, 6) is -0.488. The fraction of sp³-hybridized carbons (Fsp3) is 0.400. The Morgan fingerprint density at radius 3 is 2.80 bits per heavy atom. The molecule has 5 heteroatoms. The minimum Gasteiger partial charge on any atom is -0.464 e. The number of aldehydes is 1. The summed E-state index contributed by atoms with van der Waals surface area (Å²) in [4.78, 5) is 22.0. The van der Waals surface area contributed by atoms with E-state index in [0.29, 0.717) is 24.1 Å². The second-order valence-electron chi connectivity index (χ2n) is 3.04. The third-order valence-corrected chi connectivity index (χ3v) is 2.45. The van der Waals surface area contributed by atoms with Gasteiger partial charge in [-0.05, 0) is 12.5 Å². The molecular formula is C10H12ClNO3. The Kier molecular flexibility index (Phi) is 3.91. The van der Waals surface area contributed by atoms with E-state index in [4.69, 9.17) is 11.6 Å². The molecule has 0 saturated carbocycles. The maximum atomic E-state index is 11.4. The van der Waals surface area contributed by atoms with Crippen molar-refractivity contribution < 1.29 is 14.3 Å². The van der Waals surface area contributed by atoms with Crippen molar-refractivity contribution in [3.8, 4) is 0 Å². The number of halogens is 1. The summed E-state index contributed by atoms with van der Waals surface area (Å²) in [6, 6.07) is 1.44. The molecule has 0 saturated heterocycles. The third-order valence-electron chi connectivity index (χ3n) is 2.03. The lowest BCUT2D eigenvalue weighted by Gasteiger charge is -2.06. The number of ether oxygens (including phenoxy) is 1. The number of hydrogen-bond acceptors (Lipinski definition) is 3. The van der Waals surface area contributed by atoms with Gasteiger partial charge in [-0.1, -0.05) is 18.5 Å². The van der Waals surface area contributed by atoms with Gasteiger partial charge in [-0.3, -0.25) is 4.79 Å². The fourth-order valence-corrected chi connectivity index (χ4v) is 1.62. The summed E-state index contributed by atoms with van der Waals surface area (Å²) in [7, 11) is 1.29. The van der Waals surface area contributed by atoms with Crippen LogP contribution < -0.4 is 0 Å². The molecule has 0 bridgehead atoms. The average Bonchev–Trinajstić information content (AvgIpc) is 2.56. The van der Waals surface area contributed by atoms with Gasteiger partial charge in [-0.25, -0.2) is 4.79 Å². The number of carbonyl (C=O) groups is 2. The zero-order valence-electron chi connectivity index (χ0n) is 8.62. The molecule has 1 rings (SSSR count). The SMILES string of the molecule is CCCn1c(C(=O)OC)cc(C=O)c1Cl. The summed E-state index contributed by atoms with van der Waals surface area (Å²) in [5.41, 5.74) is 0.622. The van der Waals surface area contributed by atoms with Gasteiger partial charge < -0.3 is 9.30 Å². The molecule has 0 spiro atoms. The van der Waals surface area contributed by atoms with Crippen molar-refractivity contribution in [3.63, 3.8) is 0 Å². The van der Waals surface area contributed by atoms with Gasteiger partial charge >= 0.3 is 5.97 Å². The molecule has 0 aliphatic heterocycles. The Balaban J connectivity index is 3.23. The van der Waals surface area contributed by atoms with Crippen LogP contribution in [0.2, 0.25) is 5.15 Å². The van der Waals surface area contributed by atoms with Crippen molar-refractivity contribution in [2.75, 3.05) is 7.11 Å². The topological polar surface area (TPSA) is 48.3 Å². The molecular weight excluding hydrogens is 218 g/mol. The van der Waals surface area contributed by atoms with E-state index in [1.54, 1.807) is 4.57 Å². The smallest absolute Gasteiger partial charge is 0.354 e. The first-order valence-corrected chi connectivity index (χ1v) is 4.96. The van der Waals surface area contributed by atoms with Crippen LogP contribution in [0.5, 0.6) is 0 Å². The number of rotatable bonds is 4. The number of aromatic nitrogens is 1. The van der Waals surface area contributed by atoms with E-state index < -0.39 is 5.97 Å². The number of methoxy groups -OCH3 is 1. The van der Waals surface area contributed by atoms with Gasteiger partial charge in [0, 0.05) is 6.54 Å². The molecule has 1 aromatic heterocycles. The molecule has 0 unspecified atom stereocenters. The summed E-state index contributed by atoms with van der Waals surface area (Å²) < 4.78 is 6.18. The van der Waals surface area contributed by atoms with Crippen LogP contribution in [0.15, 0.2) is 6.07 Å². The minimum atomic E-state index is -0.488. The van der Waals surface area contributed by atoms with Crippen LogP contribution in [0.1, 0.15) is 34.2 Å². The zero-order chi connectivity index (χ0) is 11.4. The molecule has 0 aromatic carbocycles. The van der Waals surface area contributed by atoms with Crippen LogP contribution in [0.3, 0.4) is 0 Å². The average molecular weight is 230 g/mol. The van der Waals surface area contributed by atoms with E-state index >= 15 is 0 Å². The van der Waals surface area contributed by atoms with Gasteiger partial charge in [0.05, 0.1) is 12.7 Å². The molecule has 0 amide bonds. The van der Waals surface area contributed by atoms with E-state index in [2.05, 4.69) is 4.74 Å². The monoisotopic (exact) mass is 229 g/mol. The summed E-state index contributed by atoms with van der Waals surface area (Å²) in [5, 5.41) is 0.284. The lowest BCUT2D eigenvalue weighted by Crippen LogP contribution is -2.10. The van der Waals surface area contributed by atoms with E-state index in [9.17, 15) is 9.59 Å². The lowest BCUT2D eigenvalue weighted by atomic mass is 10.3. The molecule has 1 aromatic rings. The standard InChI is InChI=1S/C10H12ClNO3/c1-3-4-12-8(10(14)15-2)5-7(6-13)9(12)11/h5-6H,3-4H2,1-2H3. The first kappa shape index (κ1) is 11.8. The van der Waals surface area contributed by atoms with E-state index in [1.165, 1.54) is 13.2 Å². The van der Waals surface area contributed by atoms with Crippen molar-refractivity contribution in [1.82, 2.24) is 4.57 Å². The highest BCUT2D eigenvalue weighted by molar-refractivity contribution is 6.32. The summed E-state index contributed by atoms with van der Waals surface area (Å²) >= 11 is 5.93. The Bertz CT molecular complexity index is 384. The van der Waals surface area contributed by atoms with Gasteiger partial charge in [0.2, 0.25) is 0 Å². The largest absolute Gasteiger partial charge is 0.464 e. The maximum absolute atomic E-state index is 11.4. The van der Waals surface area contributed by atoms with Crippen LogP contribution in [-0.2, 0) is 11.3 Å². The lowest BCUT2D eigenvalue weighted by molar-refractivity contribution is 0.0588. The predicted octanol–water partition coefficient (Wildman–Crippen LogP) is 2.15. The zero-order valence-corrected chi connectivity index (χ0v) is 9.37. The molecule has 4 nitrogen and oxygen atoms in total. The van der Waals surface area contributed by atoms with Crippen LogP contribution in [0.25, 0.3) is 0 Å². The normalized spacial score (nSPS) is 10.1. The minimum absolute atomic E-state index is 0.284. The van der Waals surface area contributed by atoms with Crippen LogP contribution >= 0.6 is 11.6 Å². The number of nitrogens with zero attached hydrogens (tertiary/aromatic N) is 1. The highest BCUT2D eigenvalue weighted by atomic mass is 35.5. The summed E-state index contributed by atoms with van der Waals surface area (Å²) in [6.07, 6.45) is 1.44. The van der Waals surface area contributed by atoms with Gasteiger partial charge in [-0.15, -0.1) is 0 Å². The van der Waals surface area contributed by atoms with Crippen LogP contribution in [-0.4, -0.2) is 23.9 Å². The Morgan fingerprint density at radius 1 is 1.67 bits per heavy atom. The second kappa shape index (κ2) is 4.98. The molecule has 15 heavy (non-hydrogen) atoms. The number of carbonyl (C=O) groups excluding carboxylic acids is 2. The third kappa shape index (κ3) is 2.21. The number of esters is 1. The van der Waals surface area contributed by atoms with E-state index in [0.717, 1.165) is 6.42 Å². The van der Waals surface area contributed by atoms with Crippen molar-refractivity contribution >= 4 is 23.9 Å². The molecule has 0 fully saturated rings. The van der Waals surface area contributed by atoms with Gasteiger partial charge in [0.1, 0.15) is 10.8 Å². The second-order valence-corrected chi connectivity index (χ2v) is 3.39. The van der Waals surface area contributed by atoms with Crippen molar-refractivity contribution in [3.05, 3.63) is 22.5 Å². The molecule has 0 aliphatic carbocycles. The van der Waals surface area contributed by atoms with Crippen molar-refractivity contribution in [2.24, 2.45) is 0 Å². The van der Waals surface area contributed by atoms with E-state index in [1.807, 2.05) is 6.92 Å². The fourth-order valence-electron chi connectivity index (χ4n) is 1.34. The Hall–Kier alpha value is -1.29. The first-order valence-electron chi connectivity index (χ1n) is 4.58. The highest BCUT2D eigenvalue weighted by Gasteiger charge is 2.18. The molecule has 0 aliphatic rings. The molecule has 82 valence electrons. The van der Waals surface area contributed by atoms with Gasteiger partial charge in [0.15, 0.2) is 6.29 Å². The van der Waals surface area contributed by atoms with Crippen molar-refractivity contribution in [2.45, 2.75) is 19.9 Å². The van der Waals surface area contributed by atoms with Crippen LogP contribution in [0.4, 0.5) is 0 Å². The predicted molar refractivity (Wildman–Crippen MR) is 56.5 cm³/mol. The molecule has 0 atom stereocenters. The molecule has 0 radical (unpaired) electrons. The van der Waals surface area contributed by atoms with Crippen LogP contribution in [0, 0.1) is 0 Å². The quantitative estimate of drug-likeness (QED) is 0.587. The summed E-state index contributed by atoms with van der Waals surface area (Å²) in [6.45, 7) is 2.54. The van der Waals surface area contributed by atoms with Gasteiger partial charge in [-0.2, -0.15) is 0 Å². The van der Waals surface area contributed by atoms with E-state index in [-0.39, 0.29) is 5.15 Å².